The highest BCUT2D eigenvalue weighted by atomic mass is 16.1. The van der Waals surface area contributed by atoms with Crippen molar-refractivity contribution in [1.82, 2.24) is 0 Å². The minimum atomic E-state index is -0.232. The van der Waals surface area contributed by atoms with Gasteiger partial charge in [0, 0.05) is 61.8 Å². The Bertz CT molecular complexity index is 1470. The maximum atomic E-state index is 13.3. The second kappa shape index (κ2) is 10.2. The zero-order chi connectivity index (χ0) is 26.8. The maximum Gasteiger partial charge on any atom is 0.194 e. The second-order valence-corrected chi connectivity index (χ2v) is 9.34. The van der Waals surface area contributed by atoms with Gasteiger partial charge in [0.15, 0.2) is 11.6 Å². The van der Waals surface area contributed by atoms with Gasteiger partial charge >= 0.3 is 0 Å². The van der Waals surface area contributed by atoms with E-state index in [9.17, 15) is 9.59 Å². The van der Waals surface area contributed by atoms with Gasteiger partial charge < -0.3 is 9.80 Å². The van der Waals surface area contributed by atoms with Crippen LogP contribution in [-0.2, 0) is 0 Å². The minimum absolute atomic E-state index is 0.232. The summed E-state index contributed by atoms with van der Waals surface area (Å²) in [6.45, 7) is 0. The quantitative estimate of drug-likeness (QED) is 0.226. The Morgan fingerprint density at radius 2 is 0.737 bits per heavy atom. The van der Waals surface area contributed by atoms with E-state index >= 15 is 0 Å². The van der Waals surface area contributed by atoms with Crippen LogP contribution in [0.25, 0.3) is 0 Å². The Labute approximate surface area is 221 Å². The first kappa shape index (κ1) is 24.7. The number of rotatable bonds is 6. The molecular formula is C30H26N6O2. The molecule has 38 heavy (non-hydrogen) atoms. The summed E-state index contributed by atoms with van der Waals surface area (Å²) >= 11 is 0. The van der Waals surface area contributed by atoms with E-state index < -0.39 is 0 Å². The first-order valence-corrected chi connectivity index (χ1v) is 12.1. The van der Waals surface area contributed by atoms with Crippen LogP contribution in [-0.4, -0.2) is 39.8 Å². The molecular weight excluding hydrogens is 476 g/mol. The van der Waals surface area contributed by atoms with Crippen molar-refractivity contribution in [3.8, 4) is 0 Å². The van der Waals surface area contributed by atoms with Crippen molar-refractivity contribution in [3.63, 3.8) is 0 Å². The molecule has 0 unspecified atom stereocenters. The van der Waals surface area contributed by atoms with Crippen LogP contribution in [0.5, 0.6) is 0 Å². The van der Waals surface area contributed by atoms with Crippen LogP contribution in [0.2, 0.25) is 0 Å². The monoisotopic (exact) mass is 502 g/mol. The summed E-state index contributed by atoms with van der Waals surface area (Å²) in [5.41, 5.74) is 5.80. The Hall–Kier alpha value is -4.98. The molecule has 0 aromatic heterocycles. The van der Waals surface area contributed by atoms with Crippen LogP contribution in [0, 0.1) is 0 Å². The SMILES string of the molecule is CN(C)c1ccc(N=Nc2ccc3c(c2)C(=O)c2ccc(N=Nc4ccc(N(C)C)cc4)cc2C3=O)cc1. The third-order valence-corrected chi connectivity index (χ3v) is 6.28. The molecule has 0 radical (unpaired) electrons. The number of hydrogen-bond donors (Lipinski definition) is 0. The molecule has 5 rings (SSSR count). The third-order valence-electron chi connectivity index (χ3n) is 6.28. The van der Waals surface area contributed by atoms with Gasteiger partial charge in [0.25, 0.3) is 0 Å². The molecule has 0 N–H and O–H groups in total. The summed E-state index contributed by atoms with van der Waals surface area (Å²) in [6.07, 6.45) is 0. The van der Waals surface area contributed by atoms with E-state index in [0.717, 1.165) is 11.4 Å². The third kappa shape index (κ3) is 4.97. The highest BCUT2D eigenvalue weighted by molar-refractivity contribution is 6.28. The predicted octanol–water partition coefficient (Wildman–Crippen LogP) is 7.42. The van der Waals surface area contributed by atoms with Crippen molar-refractivity contribution in [3.05, 3.63) is 107 Å². The maximum absolute atomic E-state index is 13.3. The Morgan fingerprint density at radius 3 is 1.08 bits per heavy atom. The normalized spacial score (nSPS) is 12.6. The fourth-order valence-corrected chi connectivity index (χ4v) is 4.12. The summed E-state index contributed by atoms with van der Waals surface area (Å²) in [6, 6.07) is 25.2. The zero-order valence-corrected chi connectivity index (χ0v) is 21.6. The summed E-state index contributed by atoms with van der Waals surface area (Å²) < 4.78 is 0. The van der Waals surface area contributed by atoms with Gasteiger partial charge in [-0.3, -0.25) is 9.59 Å². The first-order chi connectivity index (χ1) is 18.3. The summed E-state index contributed by atoms with van der Waals surface area (Å²) in [7, 11) is 7.87. The van der Waals surface area contributed by atoms with Gasteiger partial charge in [-0.25, -0.2) is 0 Å². The number of carbonyl (C=O) groups is 2. The van der Waals surface area contributed by atoms with E-state index in [0.29, 0.717) is 45.0 Å². The molecule has 1 aliphatic carbocycles. The van der Waals surface area contributed by atoms with E-state index in [-0.39, 0.29) is 11.6 Å². The number of anilines is 2. The number of fused-ring (bicyclic) bond motifs is 2. The highest BCUT2D eigenvalue weighted by Gasteiger charge is 2.30. The van der Waals surface area contributed by atoms with Crippen molar-refractivity contribution in [2.75, 3.05) is 38.0 Å². The number of nitrogens with zero attached hydrogens (tertiary/aromatic N) is 6. The topological polar surface area (TPSA) is 90.1 Å². The molecule has 0 bridgehead atoms. The average Bonchev–Trinajstić information content (AvgIpc) is 2.94. The molecule has 0 amide bonds. The lowest BCUT2D eigenvalue weighted by atomic mass is 9.83. The number of hydrogen-bond acceptors (Lipinski definition) is 8. The molecule has 188 valence electrons. The lowest BCUT2D eigenvalue weighted by molar-refractivity contribution is 0.0979. The second-order valence-electron chi connectivity index (χ2n) is 9.34. The van der Waals surface area contributed by atoms with Crippen LogP contribution in [0.1, 0.15) is 31.8 Å². The molecule has 0 fully saturated rings. The molecule has 4 aromatic rings. The van der Waals surface area contributed by atoms with Gasteiger partial charge in [0.05, 0.1) is 22.7 Å². The fraction of sp³-hybridized carbons (Fsp3) is 0.133. The average molecular weight is 503 g/mol. The van der Waals surface area contributed by atoms with Gasteiger partial charge in [-0.15, -0.1) is 0 Å². The predicted molar refractivity (Wildman–Crippen MR) is 150 cm³/mol. The Morgan fingerprint density at radius 1 is 0.421 bits per heavy atom. The number of carbonyl (C=O) groups excluding carboxylic acids is 2. The van der Waals surface area contributed by atoms with Gasteiger partial charge in [-0.1, -0.05) is 0 Å². The lowest BCUT2D eigenvalue weighted by Gasteiger charge is -2.17. The van der Waals surface area contributed by atoms with Crippen molar-refractivity contribution in [2.45, 2.75) is 0 Å². The molecule has 0 heterocycles. The van der Waals surface area contributed by atoms with E-state index in [1.807, 2.05) is 86.5 Å². The van der Waals surface area contributed by atoms with Crippen LogP contribution in [0.3, 0.4) is 0 Å². The molecule has 0 saturated carbocycles. The lowest BCUT2D eigenvalue weighted by Crippen LogP contribution is -2.20. The van der Waals surface area contributed by atoms with Crippen molar-refractivity contribution in [2.24, 2.45) is 20.5 Å². The summed E-state index contributed by atoms with van der Waals surface area (Å²) in [4.78, 5) is 30.5. The minimum Gasteiger partial charge on any atom is -0.378 e. The summed E-state index contributed by atoms with van der Waals surface area (Å²) in [5, 5.41) is 17.1. The smallest absolute Gasteiger partial charge is 0.194 e. The van der Waals surface area contributed by atoms with Crippen LogP contribution < -0.4 is 9.80 Å². The fourth-order valence-electron chi connectivity index (χ4n) is 4.12. The summed E-state index contributed by atoms with van der Waals surface area (Å²) in [5.74, 6) is -0.463. The molecule has 8 heteroatoms. The van der Waals surface area contributed by atoms with Gasteiger partial charge in [0.2, 0.25) is 0 Å². The van der Waals surface area contributed by atoms with E-state index in [2.05, 4.69) is 20.5 Å². The molecule has 0 saturated heterocycles. The van der Waals surface area contributed by atoms with Crippen molar-refractivity contribution >= 4 is 45.7 Å². The van der Waals surface area contributed by atoms with Gasteiger partial charge in [-0.05, 0) is 84.9 Å². The highest BCUT2D eigenvalue weighted by Crippen LogP contribution is 2.33. The zero-order valence-electron chi connectivity index (χ0n) is 21.6. The number of benzene rings is 4. The standard InChI is InChI=1S/C30H26N6O2/c1-35(2)23-11-5-19(6-12-23)31-33-21-9-15-25-27(17-21)29(37)26-16-10-22(18-28(26)30(25)38)34-32-20-7-13-24(14-8-20)36(3)4/h5-18H,1-4H3. The largest absolute Gasteiger partial charge is 0.378 e. The van der Waals surface area contributed by atoms with Gasteiger partial charge in [-0.2, -0.15) is 20.5 Å². The molecule has 4 aromatic carbocycles. The van der Waals surface area contributed by atoms with Gasteiger partial charge in [0.1, 0.15) is 0 Å². The van der Waals surface area contributed by atoms with Crippen molar-refractivity contribution < 1.29 is 9.59 Å². The molecule has 0 spiro atoms. The number of ketones is 2. The molecule has 1 aliphatic rings. The molecule has 8 nitrogen and oxygen atoms in total. The Balaban J connectivity index is 1.37. The van der Waals surface area contributed by atoms with E-state index in [1.165, 1.54) is 0 Å². The number of azo groups is 2. The van der Waals surface area contributed by atoms with E-state index in [1.54, 1.807) is 36.4 Å². The van der Waals surface area contributed by atoms with Crippen LogP contribution in [0.4, 0.5) is 34.1 Å². The Kier molecular flexibility index (Phi) is 6.62. The first-order valence-electron chi connectivity index (χ1n) is 12.1. The van der Waals surface area contributed by atoms with Crippen LogP contribution >= 0.6 is 0 Å². The van der Waals surface area contributed by atoms with Crippen LogP contribution in [0.15, 0.2) is 105 Å². The molecule has 0 aliphatic heterocycles. The van der Waals surface area contributed by atoms with Crippen molar-refractivity contribution in [1.29, 1.82) is 0 Å². The van der Waals surface area contributed by atoms with E-state index in [4.69, 9.17) is 0 Å². The molecule has 0 atom stereocenters.